The minimum absolute atomic E-state index is 0.121. The van der Waals surface area contributed by atoms with Crippen molar-refractivity contribution in [1.29, 1.82) is 0 Å². The molecule has 1 aliphatic rings. The lowest BCUT2D eigenvalue weighted by Crippen LogP contribution is -2.44. The number of pyridine rings is 1. The molecule has 5 nitrogen and oxygen atoms in total. The maximum Gasteiger partial charge on any atom is 0.221 e. The molecule has 1 amide bonds. The van der Waals surface area contributed by atoms with Crippen molar-refractivity contribution >= 4 is 29.6 Å². The van der Waals surface area contributed by atoms with Crippen LogP contribution in [0.4, 0.5) is 0 Å². The minimum Gasteiger partial charge on any atom is -0.353 e. The van der Waals surface area contributed by atoms with E-state index in [-0.39, 0.29) is 5.91 Å². The number of amides is 1. The summed E-state index contributed by atoms with van der Waals surface area (Å²) in [6.45, 7) is 2.96. The van der Waals surface area contributed by atoms with Crippen LogP contribution in [-0.2, 0) is 11.3 Å². The number of aromatic amines is 1. The molecular formula is C16H22N4OS. The number of H-pyrrole nitrogens is 1. The number of nitrogens with one attached hydrogen (secondary N) is 2. The first-order valence-corrected chi connectivity index (χ1v) is 8.43. The van der Waals surface area contributed by atoms with Crippen molar-refractivity contribution in [3.63, 3.8) is 0 Å². The first-order chi connectivity index (χ1) is 10.8. The zero-order valence-electron chi connectivity index (χ0n) is 12.6. The Labute approximate surface area is 135 Å². The summed E-state index contributed by atoms with van der Waals surface area (Å²) < 4.78 is 0. The molecule has 2 aromatic heterocycles. The van der Waals surface area contributed by atoms with E-state index in [1.807, 2.05) is 12.3 Å². The number of fused-ring (bicyclic) bond motifs is 1. The second kappa shape index (κ2) is 7.15. The Morgan fingerprint density at radius 2 is 2.27 bits per heavy atom. The molecule has 3 heterocycles. The van der Waals surface area contributed by atoms with Gasteiger partial charge >= 0.3 is 0 Å². The minimum atomic E-state index is 0.121. The number of likely N-dealkylation sites (tertiary alicyclic amines) is 1. The van der Waals surface area contributed by atoms with E-state index < -0.39 is 0 Å². The standard InChI is InChI=1S/C16H22N4OS/c21-15(5-9-22)19-13-3-7-20(8-4-13)11-12-10-18-16-14(12)2-1-6-17-16/h1-2,6,10,13,22H,3-5,7-9,11H2,(H,17,18)(H,19,21). The highest BCUT2D eigenvalue weighted by Crippen LogP contribution is 2.20. The van der Waals surface area contributed by atoms with E-state index in [1.54, 1.807) is 0 Å². The van der Waals surface area contributed by atoms with Gasteiger partial charge in [0.05, 0.1) is 0 Å². The van der Waals surface area contributed by atoms with Crippen LogP contribution in [0.5, 0.6) is 0 Å². The summed E-state index contributed by atoms with van der Waals surface area (Å²) in [5.41, 5.74) is 2.24. The quantitative estimate of drug-likeness (QED) is 0.739. The number of hydrogen-bond donors (Lipinski definition) is 3. The normalized spacial score (nSPS) is 17.0. The fourth-order valence-corrected chi connectivity index (χ4v) is 3.22. The topological polar surface area (TPSA) is 61.0 Å². The molecule has 1 fully saturated rings. The van der Waals surface area contributed by atoms with Gasteiger partial charge in [0, 0.05) is 49.9 Å². The molecule has 3 rings (SSSR count). The van der Waals surface area contributed by atoms with Gasteiger partial charge in [-0.2, -0.15) is 12.6 Å². The predicted octanol–water partition coefficient (Wildman–Crippen LogP) is 1.96. The number of carbonyl (C=O) groups is 1. The zero-order valence-corrected chi connectivity index (χ0v) is 13.5. The SMILES string of the molecule is O=C(CCS)NC1CCN(Cc2c[nH]c3ncccc23)CC1. The van der Waals surface area contributed by atoms with Crippen LogP contribution in [0.25, 0.3) is 11.0 Å². The van der Waals surface area contributed by atoms with E-state index >= 15 is 0 Å². The van der Waals surface area contributed by atoms with Crippen LogP contribution in [0, 0.1) is 0 Å². The molecule has 1 aliphatic heterocycles. The van der Waals surface area contributed by atoms with Gasteiger partial charge in [0.1, 0.15) is 5.65 Å². The second-order valence-electron chi connectivity index (χ2n) is 5.81. The summed E-state index contributed by atoms with van der Waals surface area (Å²) in [7, 11) is 0. The molecule has 0 aliphatic carbocycles. The third kappa shape index (κ3) is 3.62. The van der Waals surface area contributed by atoms with Crippen LogP contribution in [0.15, 0.2) is 24.5 Å². The van der Waals surface area contributed by atoms with Gasteiger partial charge in [-0.15, -0.1) is 0 Å². The van der Waals surface area contributed by atoms with Crippen molar-refractivity contribution in [3.8, 4) is 0 Å². The lowest BCUT2D eigenvalue weighted by molar-refractivity contribution is -0.121. The van der Waals surface area contributed by atoms with Crippen molar-refractivity contribution < 1.29 is 4.79 Å². The Morgan fingerprint density at radius 3 is 3.05 bits per heavy atom. The van der Waals surface area contributed by atoms with Crippen molar-refractivity contribution in [2.24, 2.45) is 0 Å². The lowest BCUT2D eigenvalue weighted by Gasteiger charge is -2.32. The van der Waals surface area contributed by atoms with Gasteiger partial charge in [-0.25, -0.2) is 4.98 Å². The molecule has 0 unspecified atom stereocenters. The molecule has 0 aromatic carbocycles. The fraction of sp³-hybridized carbons (Fsp3) is 0.500. The van der Waals surface area contributed by atoms with E-state index in [1.165, 1.54) is 10.9 Å². The first-order valence-electron chi connectivity index (χ1n) is 7.80. The molecule has 22 heavy (non-hydrogen) atoms. The lowest BCUT2D eigenvalue weighted by atomic mass is 10.0. The number of thiol groups is 1. The fourth-order valence-electron chi connectivity index (χ4n) is 3.02. The number of hydrogen-bond acceptors (Lipinski definition) is 4. The molecule has 0 saturated carbocycles. The van der Waals surface area contributed by atoms with Crippen LogP contribution in [0.2, 0.25) is 0 Å². The molecule has 0 spiro atoms. The molecule has 0 radical (unpaired) electrons. The van der Waals surface area contributed by atoms with E-state index in [0.717, 1.165) is 38.1 Å². The van der Waals surface area contributed by atoms with Crippen molar-refractivity contribution in [2.45, 2.75) is 31.8 Å². The van der Waals surface area contributed by atoms with Gasteiger partial charge in [-0.1, -0.05) is 0 Å². The monoisotopic (exact) mass is 318 g/mol. The Hall–Kier alpha value is -1.53. The Bertz CT molecular complexity index is 634. The largest absolute Gasteiger partial charge is 0.353 e. The highest BCUT2D eigenvalue weighted by molar-refractivity contribution is 7.80. The van der Waals surface area contributed by atoms with Gasteiger partial charge in [-0.3, -0.25) is 9.69 Å². The number of nitrogens with zero attached hydrogens (tertiary/aromatic N) is 2. The molecule has 0 bridgehead atoms. The summed E-state index contributed by atoms with van der Waals surface area (Å²) in [6, 6.07) is 4.40. The number of carbonyl (C=O) groups excluding carboxylic acids is 1. The first kappa shape index (κ1) is 15.4. The Balaban J connectivity index is 1.53. The van der Waals surface area contributed by atoms with Crippen LogP contribution < -0.4 is 5.32 Å². The number of rotatable bonds is 5. The third-order valence-corrected chi connectivity index (χ3v) is 4.45. The van der Waals surface area contributed by atoms with Crippen LogP contribution in [0.1, 0.15) is 24.8 Å². The maximum absolute atomic E-state index is 11.6. The van der Waals surface area contributed by atoms with Gasteiger partial charge in [0.2, 0.25) is 5.91 Å². The van der Waals surface area contributed by atoms with Gasteiger partial charge in [-0.05, 0) is 36.3 Å². The van der Waals surface area contributed by atoms with Crippen LogP contribution in [0.3, 0.4) is 0 Å². The highest BCUT2D eigenvalue weighted by Gasteiger charge is 2.21. The molecular weight excluding hydrogens is 296 g/mol. The molecule has 1 saturated heterocycles. The van der Waals surface area contributed by atoms with E-state index in [0.29, 0.717) is 18.2 Å². The van der Waals surface area contributed by atoms with Crippen molar-refractivity contribution in [3.05, 3.63) is 30.1 Å². The van der Waals surface area contributed by atoms with E-state index in [9.17, 15) is 4.79 Å². The smallest absolute Gasteiger partial charge is 0.221 e. The summed E-state index contributed by atoms with van der Waals surface area (Å²) in [6.07, 6.45) is 6.39. The molecule has 6 heteroatoms. The number of aromatic nitrogens is 2. The third-order valence-electron chi connectivity index (χ3n) is 4.22. The van der Waals surface area contributed by atoms with Crippen molar-refractivity contribution in [1.82, 2.24) is 20.2 Å². The maximum atomic E-state index is 11.6. The molecule has 2 N–H and O–H groups in total. The molecule has 118 valence electrons. The highest BCUT2D eigenvalue weighted by atomic mass is 32.1. The van der Waals surface area contributed by atoms with E-state index in [4.69, 9.17) is 0 Å². The second-order valence-corrected chi connectivity index (χ2v) is 6.25. The summed E-state index contributed by atoms with van der Waals surface area (Å²) >= 11 is 4.09. The van der Waals surface area contributed by atoms with Gasteiger partial charge in [0.25, 0.3) is 0 Å². The van der Waals surface area contributed by atoms with Crippen LogP contribution >= 0.6 is 12.6 Å². The zero-order chi connectivity index (χ0) is 15.4. The molecule has 2 aromatic rings. The van der Waals surface area contributed by atoms with Crippen molar-refractivity contribution in [2.75, 3.05) is 18.8 Å². The molecule has 0 atom stereocenters. The summed E-state index contributed by atoms with van der Waals surface area (Å²) in [4.78, 5) is 21.6. The van der Waals surface area contributed by atoms with Gasteiger partial charge in [0.15, 0.2) is 0 Å². The summed E-state index contributed by atoms with van der Waals surface area (Å²) in [5.74, 6) is 0.732. The van der Waals surface area contributed by atoms with E-state index in [2.05, 4.69) is 45.1 Å². The average Bonchev–Trinajstić information content (AvgIpc) is 2.93. The van der Waals surface area contributed by atoms with Gasteiger partial charge < -0.3 is 10.3 Å². The average molecular weight is 318 g/mol. The Morgan fingerprint density at radius 1 is 1.45 bits per heavy atom. The number of piperidine rings is 1. The Kier molecular flexibility index (Phi) is 5.00. The van der Waals surface area contributed by atoms with Crippen LogP contribution in [-0.4, -0.2) is 45.7 Å². The summed E-state index contributed by atoms with van der Waals surface area (Å²) in [5, 5.41) is 4.30. The predicted molar refractivity (Wildman–Crippen MR) is 91.0 cm³/mol.